The minimum atomic E-state index is -1.39. The zero-order chi connectivity index (χ0) is 22.4. The van der Waals surface area contributed by atoms with E-state index in [2.05, 4.69) is 0 Å². The van der Waals surface area contributed by atoms with Crippen molar-refractivity contribution in [2.24, 2.45) is 0 Å². The van der Waals surface area contributed by atoms with Crippen LogP contribution >= 0.6 is 23.2 Å². The Bertz CT molecular complexity index is 1390. The van der Waals surface area contributed by atoms with Gasteiger partial charge in [0.15, 0.2) is 0 Å². The van der Waals surface area contributed by atoms with Crippen molar-refractivity contribution in [1.29, 1.82) is 0 Å². The number of rotatable bonds is 3. The van der Waals surface area contributed by atoms with Gasteiger partial charge >= 0.3 is 0 Å². The van der Waals surface area contributed by atoms with Gasteiger partial charge in [0.05, 0.1) is 17.1 Å². The molecule has 0 unspecified atom stereocenters. The fourth-order valence-corrected chi connectivity index (χ4v) is 4.18. The number of carboxylic acids is 1. The summed E-state index contributed by atoms with van der Waals surface area (Å²) >= 11 is 12.8. The molecule has 4 rings (SSSR count). The van der Waals surface area contributed by atoms with Crippen molar-refractivity contribution in [3.63, 3.8) is 0 Å². The SMILES string of the molecule is CN(C)c1ccc2c(-c3c(Cl)ccc(Cl)c3C(=O)[O-])c3ccc(=[N+](C)C)cc-3oc2c1. The van der Waals surface area contributed by atoms with Crippen LogP contribution in [0.2, 0.25) is 10.0 Å². The van der Waals surface area contributed by atoms with Crippen LogP contribution in [-0.4, -0.2) is 34.2 Å². The molecule has 0 bridgehead atoms. The molecule has 2 aliphatic rings. The fourth-order valence-electron chi connectivity index (χ4n) is 3.69. The third-order valence-electron chi connectivity index (χ3n) is 5.28. The van der Waals surface area contributed by atoms with Gasteiger partial charge in [0, 0.05) is 64.6 Å². The van der Waals surface area contributed by atoms with Gasteiger partial charge in [-0.3, -0.25) is 0 Å². The number of anilines is 1. The Labute approximate surface area is 189 Å². The Morgan fingerprint density at radius 1 is 0.968 bits per heavy atom. The van der Waals surface area contributed by atoms with E-state index in [4.69, 9.17) is 27.6 Å². The van der Waals surface area contributed by atoms with E-state index in [0.717, 1.165) is 22.0 Å². The van der Waals surface area contributed by atoms with Crippen molar-refractivity contribution in [2.45, 2.75) is 0 Å². The second kappa shape index (κ2) is 7.91. The summed E-state index contributed by atoms with van der Waals surface area (Å²) in [4.78, 5) is 14.0. The second-order valence-corrected chi connectivity index (χ2v) is 8.51. The average molecular weight is 455 g/mol. The Kier molecular flexibility index (Phi) is 5.42. The third kappa shape index (κ3) is 3.64. The molecular formula is C24H20Cl2N2O3. The maximum absolute atomic E-state index is 12.0. The highest BCUT2D eigenvalue weighted by molar-refractivity contribution is 6.39. The highest BCUT2D eigenvalue weighted by atomic mass is 35.5. The minimum Gasteiger partial charge on any atom is -0.545 e. The average Bonchev–Trinajstić information content (AvgIpc) is 2.72. The Morgan fingerprint density at radius 2 is 1.68 bits per heavy atom. The van der Waals surface area contributed by atoms with Crippen LogP contribution in [-0.2, 0) is 0 Å². The summed E-state index contributed by atoms with van der Waals surface area (Å²) < 4.78 is 8.23. The normalized spacial score (nSPS) is 11.2. The van der Waals surface area contributed by atoms with Gasteiger partial charge in [0.25, 0.3) is 0 Å². The molecule has 1 aliphatic carbocycles. The number of carbonyl (C=O) groups excluding carboxylic acids is 1. The van der Waals surface area contributed by atoms with E-state index in [1.165, 1.54) is 6.07 Å². The van der Waals surface area contributed by atoms with Crippen LogP contribution in [0.1, 0.15) is 10.4 Å². The summed E-state index contributed by atoms with van der Waals surface area (Å²) in [6.45, 7) is 0. The van der Waals surface area contributed by atoms with Gasteiger partial charge in [-0.1, -0.05) is 23.2 Å². The van der Waals surface area contributed by atoms with Crippen LogP contribution in [0.4, 0.5) is 5.69 Å². The molecule has 0 spiro atoms. The van der Waals surface area contributed by atoms with E-state index in [1.54, 1.807) is 6.07 Å². The van der Waals surface area contributed by atoms with Crippen LogP contribution in [0.25, 0.3) is 33.4 Å². The van der Waals surface area contributed by atoms with Crippen molar-refractivity contribution >= 4 is 45.8 Å². The molecule has 0 atom stereocenters. The molecule has 158 valence electrons. The number of hydrogen-bond donors (Lipinski definition) is 0. The molecule has 0 N–H and O–H groups in total. The van der Waals surface area contributed by atoms with Crippen LogP contribution in [0.5, 0.6) is 0 Å². The predicted octanol–water partition coefficient (Wildman–Crippen LogP) is 3.97. The number of hydrogen-bond acceptors (Lipinski definition) is 4. The molecule has 2 aromatic carbocycles. The highest BCUT2D eigenvalue weighted by Gasteiger charge is 2.24. The Hall–Kier alpha value is -3.02. The number of nitrogens with zero attached hydrogens (tertiary/aromatic N) is 2. The topological polar surface area (TPSA) is 59.5 Å². The Balaban J connectivity index is 2.25. The van der Waals surface area contributed by atoms with E-state index in [1.807, 2.05) is 74.1 Å². The summed E-state index contributed by atoms with van der Waals surface area (Å²) in [5, 5.41) is 14.0. The smallest absolute Gasteiger partial charge is 0.203 e. The number of carboxylic acid groups (broad SMARTS) is 1. The lowest BCUT2D eigenvalue weighted by molar-refractivity contribution is -0.254. The number of halogens is 2. The molecule has 7 heteroatoms. The fraction of sp³-hybridized carbons (Fsp3) is 0.167. The first-order chi connectivity index (χ1) is 14.7. The number of aromatic carboxylic acids is 1. The van der Waals surface area contributed by atoms with E-state index >= 15 is 0 Å². The monoisotopic (exact) mass is 454 g/mol. The van der Waals surface area contributed by atoms with Crippen LogP contribution in [0, 0.1) is 0 Å². The lowest BCUT2D eigenvalue weighted by Gasteiger charge is -2.21. The summed E-state index contributed by atoms with van der Waals surface area (Å²) in [5.74, 6) is -0.788. The van der Waals surface area contributed by atoms with Crippen LogP contribution in [0.3, 0.4) is 0 Å². The van der Waals surface area contributed by atoms with Crippen molar-refractivity contribution < 1.29 is 14.3 Å². The zero-order valence-electron chi connectivity index (χ0n) is 17.5. The molecule has 2 aromatic rings. The van der Waals surface area contributed by atoms with Gasteiger partial charge < -0.3 is 19.2 Å². The number of carbonyl (C=O) groups is 1. The molecule has 0 saturated carbocycles. The maximum atomic E-state index is 12.0. The molecule has 5 nitrogen and oxygen atoms in total. The predicted molar refractivity (Wildman–Crippen MR) is 124 cm³/mol. The first kappa shape index (κ1) is 21.2. The first-order valence-corrected chi connectivity index (χ1v) is 10.3. The van der Waals surface area contributed by atoms with E-state index in [-0.39, 0.29) is 15.6 Å². The molecular weight excluding hydrogens is 435 g/mol. The summed E-state index contributed by atoms with van der Waals surface area (Å²) in [6, 6.07) is 14.6. The van der Waals surface area contributed by atoms with Gasteiger partial charge in [-0.25, -0.2) is 4.58 Å². The highest BCUT2D eigenvalue weighted by Crippen LogP contribution is 2.45. The molecule has 1 heterocycles. The van der Waals surface area contributed by atoms with Gasteiger partial charge in [-0.05, 0) is 30.3 Å². The van der Waals surface area contributed by atoms with Gasteiger partial charge in [0.1, 0.15) is 25.4 Å². The number of fused-ring (bicyclic) bond motifs is 2. The van der Waals surface area contributed by atoms with Crippen molar-refractivity contribution in [3.05, 3.63) is 69.5 Å². The van der Waals surface area contributed by atoms with Gasteiger partial charge in [-0.15, -0.1) is 0 Å². The summed E-state index contributed by atoms with van der Waals surface area (Å²) in [7, 11) is 7.76. The molecule has 0 amide bonds. The Morgan fingerprint density at radius 3 is 2.32 bits per heavy atom. The van der Waals surface area contributed by atoms with E-state index < -0.39 is 5.97 Å². The first-order valence-electron chi connectivity index (χ1n) is 9.57. The van der Waals surface area contributed by atoms with E-state index in [0.29, 0.717) is 22.5 Å². The molecule has 1 aliphatic heterocycles. The van der Waals surface area contributed by atoms with E-state index in [9.17, 15) is 9.90 Å². The summed E-state index contributed by atoms with van der Waals surface area (Å²) in [6.07, 6.45) is 0. The van der Waals surface area contributed by atoms with Crippen molar-refractivity contribution in [1.82, 2.24) is 4.58 Å². The van der Waals surface area contributed by atoms with Crippen molar-refractivity contribution in [3.8, 4) is 22.5 Å². The van der Waals surface area contributed by atoms with Crippen LogP contribution in [0.15, 0.2) is 52.9 Å². The quantitative estimate of drug-likeness (QED) is 0.347. The minimum absolute atomic E-state index is 0.0660. The zero-order valence-corrected chi connectivity index (χ0v) is 19.0. The largest absolute Gasteiger partial charge is 0.545 e. The molecule has 31 heavy (non-hydrogen) atoms. The lowest BCUT2D eigenvalue weighted by Crippen LogP contribution is -2.24. The lowest BCUT2D eigenvalue weighted by atomic mass is 9.90. The van der Waals surface area contributed by atoms with Crippen molar-refractivity contribution in [2.75, 3.05) is 33.1 Å². The second-order valence-electron chi connectivity index (χ2n) is 7.69. The molecule has 0 aromatic heterocycles. The number of benzene rings is 3. The van der Waals surface area contributed by atoms with Gasteiger partial charge in [-0.2, -0.15) is 0 Å². The third-order valence-corrected chi connectivity index (χ3v) is 5.91. The molecule has 0 fully saturated rings. The standard InChI is InChI=1S/C24H20Cl2N2O3/c1-27(2)13-5-7-15-19(11-13)31-20-12-14(28(3)4)6-8-16(20)21(15)22-17(25)9-10-18(26)23(22)24(29)30/h5-12H,1-4H3. The summed E-state index contributed by atoms with van der Waals surface area (Å²) in [5.41, 5.74) is 3.08. The van der Waals surface area contributed by atoms with Crippen LogP contribution < -0.4 is 19.9 Å². The van der Waals surface area contributed by atoms with Gasteiger partial charge in [0.2, 0.25) is 5.36 Å². The molecule has 0 saturated heterocycles. The maximum Gasteiger partial charge on any atom is 0.203 e. The molecule has 0 radical (unpaired) electrons.